The van der Waals surface area contributed by atoms with Crippen LogP contribution in [0.3, 0.4) is 0 Å². The molecule has 10 heteroatoms. The first kappa shape index (κ1) is 16.0. The molecular weight excluding hydrogens is 244 g/mol. The molecule has 0 bridgehead atoms. The Morgan fingerprint density at radius 1 is 0.944 bits per heavy atom. The average molecular weight is 255 g/mol. The summed E-state index contributed by atoms with van der Waals surface area (Å²) in [5.74, 6) is -3.17. The first-order valence-corrected chi connectivity index (χ1v) is 4.79. The fourth-order valence-electron chi connectivity index (χ4n) is 0.740. The summed E-state index contributed by atoms with van der Waals surface area (Å²) in [5.41, 5.74) is 0. The zero-order valence-electron chi connectivity index (χ0n) is 9.93. The lowest BCUT2D eigenvalue weighted by Crippen LogP contribution is -2.34. The van der Waals surface area contributed by atoms with Crippen molar-refractivity contribution in [3.8, 4) is 0 Å². The van der Waals surface area contributed by atoms with E-state index in [-0.39, 0.29) is 13.2 Å². The first-order chi connectivity index (χ1) is 8.49. The Morgan fingerprint density at radius 2 is 1.50 bits per heavy atom. The van der Waals surface area contributed by atoms with Crippen molar-refractivity contribution in [3.05, 3.63) is 0 Å². The van der Waals surface area contributed by atoms with Gasteiger partial charge in [0.15, 0.2) is 5.81 Å². The van der Waals surface area contributed by atoms with E-state index in [1.54, 1.807) is 0 Å². The van der Waals surface area contributed by atoms with Gasteiger partial charge < -0.3 is 19.5 Å². The fraction of sp³-hybridized carbons (Fsp3) is 0.500. The van der Waals surface area contributed by atoms with Crippen LogP contribution in [0.15, 0.2) is 0 Å². The van der Waals surface area contributed by atoms with Crippen LogP contribution in [0.4, 0.5) is 19.2 Å². The standard InChI is InChI=1S/C8H11B2NO7/c1-16-6(13)9-5(12)11-3-4-18-8(15)10-7(14)17-2/h3-4H2,1-2H3,(H,11,12). The quantitative estimate of drug-likeness (QED) is 0.380. The van der Waals surface area contributed by atoms with Crippen LogP contribution in [0.25, 0.3) is 0 Å². The number of nitrogens with one attached hydrogen (secondary N) is 1. The van der Waals surface area contributed by atoms with Crippen molar-refractivity contribution in [1.29, 1.82) is 0 Å². The van der Waals surface area contributed by atoms with Crippen molar-refractivity contribution in [2.24, 2.45) is 0 Å². The summed E-state index contributed by atoms with van der Waals surface area (Å²) in [6, 6.07) is 0. The van der Waals surface area contributed by atoms with E-state index in [4.69, 9.17) is 0 Å². The molecule has 0 atom stereocenters. The molecule has 0 spiro atoms. The maximum absolute atomic E-state index is 11.0. The molecule has 1 N–H and O–H groups in total. The highest BCUT2D eigenvalue weighted by Crippen LogP contribution is 1.83. The predicted molar refractivity (Wildman–Crippen MR) is 61.1 cm³/mol. The SMILES string of the molecule is COC(=O)[B]C(=O)NCCOC(=O)[B]C(=O)OC. The van der Waals surface area contributed by atoms with Gasteiger partial charge in [0.1, 0.15) is 6.61 Å². The Kier molecular flexibility index (Phi) is 8.08. The Balaban J connectivity index is 3.61. The van der Waals surface area contributed by atoms with Crippen LogP contribution >= 0.6 is 0 Å². The molecule has 0 rings (SSSR count). The van der Waals surface area contributed by atoms with Crippen molar-refractivity contribution in [1.82, 2.24) is 5.32 Å². The molecule has 0 aliphatic carbocycles. The van der Waals surface area contributed by atoms with Crippen LogP contribution in [-0.2, 0) is 14.2 Å². The summed E-state index contributed by atoms with van der Waals surface area (Å²) in [6.07, 6.45) is 0. The van der Waals surface area contributed by atoms with Gasteiger partial charge in [-0.05, 0) is 0 Å². The van der Waals surface area contributed by atoms with Crippen LogP contribution in [0, 0.1) is 0 Å². The normalized spacial score (nSPS) is 8.78. The summed E-state index contributed by atoms with van der Waals surface area (Å²) in [7, 11) is 3.59. The molecule has 0 unspecified atom stereocenters. The van der Waals surface area contributed by atoms with Crippen molar-refractivity contribution in [2.75, 3.05) is 27.4 Å². The van der Waals surface area contributed by atoms with E-state index >= 15 is 0 Å². The molecular formula is C8H11B2NO7. The number of amides is 1. The van der Waals surface area contributed by atoms with E-state index in [9.17, 15) is 19.2 Å². The fourth-order valence-corrected chi connectivity index (χ4v) is 0.740. The van der Waals surface area contributed by atoms with Gasteiger partial charge in [0.05, 0.1) is 20.8 Å². The second kappa shape index (κ2) is 9.08. The number of hydrogen-bond donors (Lipinski definition) is 1. The summed E-state index contributed by atoms with van der Waals surface area (Å²) in [4.78, 5) is 43.1. The van der Waals surface area contributed by atoms with Crippen molar-refractivity contribution in [3.63, 3.8) is 0 Å². The number of carbonyl (C=O) groups excluding carboxylic acids is 4. The Labute approximate surface area is 105 Å². The van der Waals surface area contributed by atoms with Crippen molar-refractivity contribution >= 4 is 38.0 Å². The second-order valence-electron chi connectivity index (χ2n) is 2.79. The largest absolute Gasteiger partial charge is 0.477 e. The minimum Gasteiger partial charge on any atom is -0.477 e. The van der Waals surface area contributed by atoms with E-state index in [2.05, 4.69) is 19.5 Å². The molecule has 0 fully saturated rings. The molecule has 0 aromatic carbocycles. The molecule has 2 radical (unpaired) electrons. The van der Waals surface area contributed by atoms with Gasteiger partial charge in [-0.1, -0.05) is 0 Å². The Morgan fingerprint density at radius 3 is 2.06 bits per heavy atom. The van der Waals surface area contributed by atoms with Crippen LogP contribution in [0.2, 0.25) is 0 Å². The molecule has 96 valence electrons. The summed E-state index contributed by atoms with van der Waals surface area (Å²) in [5, 5.41) is 2.27. The zero-order valence-corrected chi connectivity index (χ0v) is 9.93. The molecule has 1 amide bonds. The van der Waals surface area contributed by atoms with Crippen molar-refractivity contribution < 1.29 is 33.4 Å². The van der Waals surface area contributed by atoms with E-state index in [0.717, 1.165) is 14.2 Å². The highest BCUT2D eigenvalue weighted by Gasteiger charge is 2.15. The zero-order chi connectivity index (χ0) is 14.0. The number of ether oxygens (including phenoxy) is 3. The van der Waals surface area contributed by atoms with Crippen LogP contribution in [0.5, 0.6) is 0 Å². The molecule has 0 heterocycles. The second-order valence-corrected chi connectivity index (χ2v) is 2.79. The third kappa shape index (κ3) is 8.20. The summed E-state index contributed by atoms with van der Waals surface area (Å²) >= 11 is 0. The number of methoxy groups -OCH3 is 2. The molecule has 0 saturated carbocycles. The van der Waals surface area contributed by atoms with E-state index in [1.165, 1.54) is 0 Å². The van der Waals surface area contributed by atoms with Gasteiger partial charge in [0, 0.05) is 0 Å². The van der Waals surface area contributed by atoms with Gasteiger partial charge in [0.2, 0.25) is 0 Å². The van der Waals surface area contributed by atoms with Crippen LogP contribution in [0.1, 0.15) is 0 Å². The van der Waals surface area contributed by atoms with Gasteiger partial charge in [-0.3, -0.25) is 19.2 Å². The van der Waals surface area contributed by atoms with E-state index < -0.39 is 23.4 Å². The number of rotatable bonds is 7. The van der Waals surface area contributed by atoms with Gasteiger partial charge >= 0.3 is 14.6 Å². The molecule has 18 heavy (non-hydrogen) atoms. The topological polar surface area (TPSA) is 108 Å². The van der Waals surface area contributed by atoms with E-state index in [0.29, 0.717) is 14.6 Å². The minimum absolute atomic E-state index is 0.00686. The molecule has 0 aliphatic heterocycles. The molecule has 0 aromatic rings. The third-order valence-corrected chi connectivity index (χ3v) is 1.53. The molecule has 0 aromatic heterocycles. The number of hydrogen-bond acceptors (Lipinski definition) is 7. The third-order valence-electron chi connectivity index (χ3n) is 1.53. The predicted octanol–water partition coefficient (Wildman–Crippen LogP) is -0.226. The highest BCUT2D eigenvalue weighted by atomic mass is 16.5. The molecule has 8 nitrogen and oxygen atoms in total. The van der Waals surface area contributed by atoms with E-state index in [1.807, 2.05) is 0 Å². The number of carbonyl (C=O) groups is 4. The highest BCUT2D eigenvalue weighted by molar-refractivity contribution is 6.96. The Bertz CT molecular complexity index is 301. The van der Waals surface area contributed by atoms with Crippen LogP contribution in [-0.4, -0.2) is 65.3 Å². The van der Waals surface area contributed by atoms with Gasteiger partial charge in [-0.2, -0.15) is 0 Å². The molecule has 0 saturated heterocycles. The lowest BCUT2D eigenvalue weighted by atomic mass is 9.78. The van der Waals surface area contributed by atoms with Crippen LogP contribution < -0.4 is 5.32 Å². The maximum Gasteiger partial charge on any atom is 0.405 e. The molecule has 0 aliphatic rings. The minimum atomic E-state index is -0.881. The first-order valence-electron chi connectivity index (χ1n) is 4.79. The maximum atomic E-state index is 11.0. The average Bonchev–Trinajstić information content (AvgIpc) is 2.34. The van der Waals surface area contributed by atoms with Gasteiger partial charge in [0.25, 0.3) is 17.6 Å². The van der Waals surface area contributed by atoms with Gasteiger partial charge in [-0.25, -0.2) is 0 Å². The summed E-state index contributed by atoms with van der Waals surface area (Å²) < 4.78 is 13.0. The lowest BCUT2D eigenvalue weighted by molar-refractivity contribution is 0.171. The smallest absolute Gasteiger partial charge is 0.405 e. The Hall–Kier alpha value is -1.99. The lowest BCUT2D eigenvalue weighted by Gasteiger charge is -2.05. The summed E-state index contributed by atoms with van der Waals surface area (Å²) in [6.45, 7) is -0.153. The monoisotopic (exact) mass is 255 g/mol. The van der Waals surface area contributed by atoms with Crippen molar-refractivity contribution in [2.45, 2.75) is 0 Å². The van der Waals surface area contributed by atoms with Gasteiger partial charge in [-0.15, -0.1) is 0 Å².